The van der Waals surface area contributed by atoms with Crippen LogP contribution < -0.4 is 15.0 Å². The summed E-state index contributed by atoms with van der Waals surface area (Å²) in [6.45, 7) is 1.52. The van der Waals surface area contributed by atoms with Gasteiger partial charge in [0.1, 0.15) is 10.6 Å². The molecule has 1 heterocycles. The molecule has 0 spiro atoms. The molecule has 0 aliphatic carbocycles. The molecule has 1 atom stereocenters. The van der Waals surface area contributed by atoms with Gasteiger partial charge in [-0.3, -0.25) is 9.59 Å². The van der Waals surface area contributed by atoms with Crippen LogP contribution in [-0.2, 0) is 26.0 Å². The molecule has 0 saturated carbocycles. The van der Waals surface area contributed by atoms with Crippen molar-refractivity contribution >= 4 is 50.7 Å². The molecule has 200 valence electrons. The van der Waals surface area contributed by atoms with Crippen molar-refractivity contribution in [2.24, 2.45) is 0 Å². The minimum Gasteiger partial charge on any atom is -0.477 e. The lowest BCUT2D eigenvalue weighted by atomic mass is 10.1. The zero-order chi connectivity index (χ0) is 27.3. The monoisotopic (exact) mass is 575 g/mol. The third kappa shape index (κ3) is 6.30. The van der Waals surface area contributed by atoms with E-state index in [1.165, 1.54) is 23.1 Å². The molecule has 38 heavy (non-hydrogen) atoms. The summed E-state index contributed by atoms with van der Waals surface area (Å²) in [6, 6.07) is 20.7. The van der Waals surface area contributed by atoms with Crippen LogP contribution in [0.1, 0.15) is 12.5 Å². The second-order valence-electron chi connectivity index (χ2n) is 8.61. The number of amides is 2. The van der Waals surface area contributed by atoms with E-state index in [0.29, 0.717) is 24.4 Å². The van der Waals surface area contributed by atoms with E-state index in [0.717, 1.165) is 9.87 Å². The van der Waals surface area contributed by atoms with Gasteiger partial charge in [-0.15, -0.1) is 0 Å². The molecule has 4 rings (SSSR count). The first-order valence-electron chi connectivity index (χ1n) is 12.0. The number of rotatable bonds is 9. The van der Waals surface area contributed by atoms with Gasteiger partial charge in [0, 0.05) is 18.1 Å². The van der Waals surface area contributed by atoms with Gasteiger partial charge in [0.2, 0.25) is 15.9 Å². The Morgan fingerprint density at radius 3 is 2.50 bits per heavy atom. The van der Waals surface area contributed by atoms with Gasteiger partial charge in [0.05, 0.1) is 23.8 Å². The molecule has 0 saturated heterocycles. The molecule has 0 bridgehead atoms. The molecule has 1 N–H and O–H groups in total. The van der Waals surface area contributed by atoms with E-state index in [1.54, 1.807) is 31.2 Å². The number of likely N-dealkylation sites (N-methyl/N-ethyl adjacent to an activating group) is 1. The maximum atomic E-state index is 13.5. The molecule has 0 aromatic heterocycles. The van der Waals surface area contributed by atoms with Crippen LogP contribution in [0.5, 0.6) is 5.75 Å². The molecule has 2 amide bonds. The number of benzene rings is 3. The van der Waals surface area contributed by atoms with Crippen LogP contribution in [0.3, 0.4) is 0 Å². The normalized spacial score (nSPS) is 15.1. The lowest BCUT2D eigenvalue weighted by Gasteiger charge is -2.35. The van der Waals surface area contributed by atoms with E-state index >= 15 is 0 Å². The van der Waals surface area contributed by atoms with E-state index in [-0.39, 0.29) is 33.9 Å². The SMILES string of the molecule is CCN(CC(=O)N1C[C@H](C(=O)NCCc2ccccc2)Oc2ccccc21)S(=O)(=O)c1cc(Cl)ccc1Cl. The smallest absolute Gasteiger partial charge is 0.262 e. The Kier molecular flexibility index (Phi) is 8.94. The van der Waals surface area contributed by atoms with E-state index in [1.807, 2.05) is 30.3 Å². The van der Waals surface area contributed by atoms with Gasteiger partial charge < -0.3 is 15.0 Å². The number of para-hydroxylation sites is 2. The number of halogens is 2. The fourth-order valence-corrected chi connectivity index (χ4v) is 6.25. The second kappa shape index (κ2) is 12.2. The Bertz CT molecular complexity index is 1420. The van der Waals surface area contributed by atoms with Crippen molar-refractivity contribution in [3.63, 3.8) is 0 Å². The quantitative estimate of drug-likeness (QED) is 0.413. The number of nitrogens with one attached hydrogen (secondary N) is 1. The Morgan fingerprint density at radius 2 is 1.76 bits per heavy atom. The van der Waals surface area contributed by atoms with Crippen LogP contribution in [0.2, 0.25) is 10.0 Å². The topological polar surface area (TPSA) is 96.0 Å². The minimum atomic E-state index is -4.12. The molecule has 11 heteroatoms. The molecule has 0 fully saturated rings. The fraction of sp³-hybridized carbons (Fsp3) is 0.259. The van der Waals surface area contributed by atoms with Gasteiger partial charge in [-0.1, -0.05) is 72.6 Å². The summed E-state index contributed by atoms with van der Waals surface area (Å²) >= 11 is 12.2. The van der Waals surface area contributed by atoms with Crippen molar-refractivity contribution in [1.82, 2.24) is 9.62 Å². The summed E-state index contributed by atoms with van der Waals surface area (Å²) in [6.07, 6.45) is -0.313. The first-order valence-corrected chi connectivity index (χ1v) is 14.2. The van der Waals surface area contributed by atoms with Gasteiger partial charge in [0.15, 0.2) is 6.10 Å². The van der Waals surface area contributed by atoms with Crippen LogP contribution in [0, 0.1) is 0 Å². The number of carbonyl (C=O) groups excluding carboxylic acids is 2. The Balaban J connectivity index is 1.50. The fourth-order valence-electron chi connectivity index (χ4n) is 4.11. The molecule has 0 unspecified atom stereocenters. The summed E-state index contributed by atoms with van der Waals surface area (Å²) < 4.78 is 33.6. The zero-order valence-corrected chi connectivity index (χ0v) is 23.0. The summed E-state index contributed by atoms with van der Waals surface area (Å²) in [4.78, 5) is 27.7. The average molecular weight is 577 g/mol. The summed E-state index contributed by atoms with van der Waals surface area (Å²) in [5.41, 5.74) is 1.54. The summed E-state index contributed by atoms with van der Waals surface area (Å²) in [7, 11) is -4.12. The molecular formula is C27H27Cl2N3O5S. The lowest BCUT2D eigenvalue weighted by molar-refractivity contribution is -0.128. The second-order valence-corrected chi connectivity index (χ2v) is 11.4. The number of carbonyl (C=O) groups is 2. The van der Waals surface area contributed by atoms with E-state index in [4.69, 9.17) is 27.9 Å². The molecule has 8 nitrogen and oxygen atoms in total. The number of hydrogen-bond acceptors (Lipinski definition) is 5. The number of sulfonamides is 1. The number of nitrogens with zero attached hydrogens (tertiary/aromatic N) is 2. The predicted molar refractivity (Wildman–Crippen MR) is 147 cm³/mol. The van der Waals surface area contributed by atoms with Gasteiger partial charge in [0.25, 0.3) is 5.91 Å². The minimum absolute atomic E-state index is 0.00394. The number of anilines is 1. The number of hydrogen-bond donors (Lipinski definition) is 1. The van der Waals surface area contributed by atoms with Crippen molar-refractivity contribution in [2.45, 2.75) is 24.3 Å². The molecule has 1 aliphatic rings. The van der Waals surface area contributed by atoms with E-state index in [2.05, 4.69) is 5.32 Å². The maximum Gasteiger partial charge on any atom is 0.262 e. The van der Waals surface area contributed by atoms with E-state index in [9.17, 15) is 18.0 Å². The average Bonchev–Trinajstić information content (AvgIpc) is 2.92. The number of fused-ring (bicyclic) bond motifs is 1. The van der Waals surface area contributed by atoms with Crippen molar-refractivity contribution in [2.75, 3.05) is 31.1 Å². The van der Waals surface area contributed by atoms with Crippen LogP contribution in [0.4, 0.5) is 5.69 Å². The van der Waals surface area contributed by atoms with Crippen molar-refractivity contribution in [3.8, 4) is 5.75 Å². The van der Waals surface area contributed by atoms with Gasteiger partial charge in [-0.25, -0.2) is 8.42 Å². The zero-order valence-electron chi connectivity index (χ0n) is 20.6. The molecule has 3 aromatic carbocycles. The van der Waals surface area contributed by atoms with Crippen molar-refractivity contribution < 1.29 is 22.7 Å². The Hall–Kier alpha value is -3.11. The summed E-state index contributed by atoms with van der Waals surface area (Å²) in [5.74, 6) is -0.510. The molecule has 3 aromatic rings. The van der Waals surface area contributed by atoms with Crippen LogP contribution in [0.25, 0.3) is 0 Å². The number of ether oxygens (including phenoxy) is 1. The van der Waals surface area contributed by atoms with Crippen LogP contribution in [0.15, 0.2) is 77.7 Å². The predicted octanol–water partition coefficient (Wildman–Crippen LogP) is 4.16. The molecular weight excluding hydrogens is 549 g/mol. The lowest BCUT2D eigenvalue weighted by Crippen LogP contribution is -2.53. The van der Waals surface area contributed by atoms with Crippen molar-refractivity contribution in [3.05, 3.63) is 88.4 Å². The van der Waals surface area contributed by atoms with Gasteiger partial charge in [-0.2, -0.15) is 4.31 Å². The van der Waals surface area contributed by atoms with Crippen LogP contribution >= 0.6 is 23.2 Å². The Morgan fingerprint density at radius 1 is 1.05 bits per heavy atom. The summed E-state index contributed by atoms with van der Waals surface area (Å²) in [5, 5.41) is 3.08. The first kappa shape index (κ1) is 27.9. The highest BCUT2D eigenvalue weighted by molar-refractivity contribution is 7.89. The highest BCUT2D eigenvalue weighted by Crippen LogP contribution is 2.34. The standard InChI is InChI=1S/C27H27Cl2N3O5S/c1-2-31(38(35,36)25-16-20(28)12-13-21(25)29)18-26(33)32-17-24(37-23-11-7-6-10-22(23)32)27(34)30-15-14-19-8-4-3-5-9-19/h3-13,16,24H,2,14-15,17-18H2,1H3,(H,30,34)/t24-/m1/s1. The van der Waals surface area contributed by atoms with Gasteiger partial charge >= 0.3 is 0 Å². The van der Waals surface area contributed by atoms with E-state index < -0.39 is 28.6 Å². The largest absolute Gasteiger partial charge is 0.477 e. The van der Waals surface area contributed by atoms with Gasteiger partial charge in [-0.05, 0) is 42.3 Å². The maximum absolute atomic E-state index is 13.5. The third-order valence-electron chi connectivity index (χ3n) is 6.10. The highest BCUT2D eigenvalue weighted by Gasteiger charge is 2.36. The van der Waals surface area contributed by atoms with Crippen LogP contribution in [-0.4, -0.2) is 56.8 Å². The third-order valence-corrected chi connectivity index (χ3v) is 8.74. The van der Waals surface area contributed by atoms with Crippen molar-refractivity contribution in [1.29, 1.82) is 0 Å². The highest BCUT2D eigenvalue weighted by atomic mass is 35.5. The first-order chi connectivity index (χ1) is 18.2. The molecule has 0 radical (unpaired) electrons. The Labute approximate surface area is 232 Å². The molecule has 1 aliphatic heterocycles.